The number of nitrogens with one attached hydrogen (secondary N) is 2. The molecule has 0 saturated carbocycles. The number of nitro benzene ring substituents is 1. The standard InChI is InChI=1S/C24H30O.C23H26F3NO2.C22H27NO2.C12H13F3O3S.C11H13NO2.C11H15NO.C11H14O.C8H7IO2/c1-17-20(11-10-18-8-6-5-7-9-22(17)18)16-23(25)19-12-14-21(15-13-19)24(2,3)4;1-22(2,3)18-11-9-15(10-12-18)21(28)27-19-13-16-7-5-4-6-8-17(16)14-20(19)29-23(24,25)26;1-22(2,3)19-12-9-17(10-13-19)21(24)23(25)20-14-11-16-7-5-4-6-8-18(16)15-20;13-12(14,15)19(16,17)18-11-7-6-9-4-2-1-3-5-10(9)8-11;13-12(14)11-7-6-9-4-2-1-3-5-10(9)8-11;13-12-11-7-6-9-4-2-1-3-5-10(9)8-11;12-11-7-6-9-4-2-1-3-5-10(9)8-11;1-9-7-5-3-2-4-6(7)8(10)11-9/h10-15H,5-9,16H2,1-4H3;9-14H,4-8H2,1-3H3,(H,27,28);9-15,25H,4-8H2,1-3H3;6-8H,1-5H2;6-8H,1-5H2;6-8,12-13H,1-5H2;6-8,12H,1-5H2;2-5H,1H3. The molecule has 7 aliphatic carbocycles. The smallest absolute Gasteiger partial charge is 0.508 e. The molecule has 18 nitrogen and oxygen atoms in total. The second-order valence-electron chi connectivity index (χ2n) is 42.6. The molecule has 792 valence electrons. The minimum Gasteiger partial charge on any atom is -0.508 e. The molecule has 0 fully saturated rings. The summed E-state index contributed by atoms with van der Waals surface area (Å²) in [5.74, 6) is -1.00. The van der Waals surface area contributed by atoms with Crippen molar-refractivity contribution < 1.29 is 86.4 Å². The van der Waals surface area contributed by atoms with Crippen LogP contribution in [0.5, 0.6) is 17.2 Å². The average Bonchev–Trinajstić information content (AvgIpc) is 0.915. The van der Waals surface area contributed by atoms with E-state index in [1.165, 1.54) is 212 Å². The third-order valence-corrected chi connectivity index (χ3v) is 33.1. The van der Waals surface area contributed by atoms with Crippen molar-refractivity contribution >= 4 is 76.7 Å². The number of carbonyl (C=O) groups is 4. The van der Waals surface area contributed by atoms with Crippen molar-refractivity contribution in [2.45, 2.75) is 329 Å². The number of nitro groups is 1. The SMILES string of the molecule is CC(C)(C)c1ccc(C(=O)N(O)c2ccc3c(c2)CCCCC3)cc1.CC(C)(C)c1ccc(C(=O)Nc2cc3c(cc2OC(F)(F)F)CCCCC3)cc1.CI1OC(=O)c2ccccc21.Cc1c(CC(=O)c2ccc(C(C)(C)C)cc2)ccc2c1CCCCC2.O=S(=O)(Oc1ccc2c(c1)CCCCC2)C(F)(F)F.O=[N+]([O-])c1ccc2c(c1)CCCCC2.ONc1ccc2c(c1)CCCCC2.Oc1ccc2c(c1)CCCCC2. The first-order valence-corrected chi connectivity index (χ1v) is 57.9. The summed E-state index contributed by atoms with van der Waals surface area (Å²) in [6.07, 6.45) is 35.0. The van der Waals surface area contributed by atoms with Gasteiger partial charge in [0, 0.05) is 35.2 Å². The Labute approximate surface area is 877 Å². The van der Waals surface area contributed by atoms with Gasteiger partial charge in [-0.1, -0.05) is 198 Å². The molecular formula is C122H145F6IN4O14S. The largest absolute Gasteiger partial charge is 0.534 e. The summed E-state index contributed by atoms with van der Waals surface area (Å²) in [6.45, 7) is 21.4. The Morgan fingerprint density at radius 2 is 0.851 bits per heavy atom. The number of phenolic OH excluding ortho intramolecular Hbond substituents is 1. The van der Waals surface area contributed by atoms with Gasteiger partial charge in [-0.05, 0) is 394 Å². The number of fused-ring (bicyclic) bond motifs is 8. The number of hydroxylamine groups is 1. The number of rotatable bonds is 12. The fourth-order valence-electron chi connectivity index (χ4n) is 19.8. The number of carbonyl (C=O) groups excluding carboxylic acids is 4. The Kier molecular flexibility index (Phi) is 41.3. The molecule has 0 atom stereocenters. The van der Waals surface area contributed by atoms with Gasteiger partial charge in [-0.3, -0.25) is 40.4 Å². The quantitative estimate of drug-likeness (QED) is 0.00728. The average molecular weight is 2160 g/mol. The number of hydrogen-bond acceptors (Lipinski definition) is 15. The van der Waals surface area contributed by atoms with Crippen molar-refractivity contribution in [2.75, 3.05) is 20.8 Å². The zero-order valence-electron chi connectivity index (χ0n) is 87.4. The van der Waals surface area contributed by atoms with E-state index in [9.17, 15) is 74.4 Å². The van der Waals surface area contributed by atoms with Crippen LogP contribution >= 0.6 is 20.2 Å². The number of Topliss-reactive ketones (excluding diaryl/α,β-unsaturated/α-hetero) is 1. The third kappa shape index (κ3) is 33.6. The van der Waals surface area contributed by atoms with Crippen LogP contribution in [0.2, 0.25) is 0 Å². The Bertz CT molecular complexity index is 6480. The number of phenols is 1. The van der Waals surface area contributed by atoms with Crippen LogP contribution in [0.25, 0.3) is 0 Å². The predicted octanol–water partition coefficient (Wildman–Crippen LogP) is 31.2. The first-order chi connectivity index (χ1) is 70.4. The van der Waals surface area contributed by atoms with Gasteiger partial charge in [0.05, 0.1) is 22.0 Å². The summed E-state index contributed by atoms with van der Waals surface area (Å²) in [4.78, 5) is 61.5. The number of hydrogen-bond donors (Lipinski definition) is 5. The van der Waals surface area contributed by atoms with Crippen molar-refractivity contribution in [3.8, 4) is 17.2 Å². The van der Waals surface area contributed by atoms with Gasteiger partial charge in [0.2, 0.25) is 0 Å². The van der Waals surface area contributed by atoms with Crippen molar-refractivity contribution in [1.29, 1.82) is 0 Å². The number of non-ortho nitro benzene ring substituents is 1. The molecule has 8 aliphatic rings. The molecule has 19 rings (SSSR count). The molecule has 0 aromatic heterocycles. The molecule has 26 heteroatoms. The number of ketones is 1. The van der Waals surface area contributed by atoms with Gasteiger partial charge < -0.3 is 19.3 Å². The fourth-order valence-corrected chi connectivity index (χ4v) is 23.3. The molecule has 5 N–H and O–H groups in total. The van der Waals surface area contributed by atoms with E-state index in [1.54, 1.807) is 54.6 Å². The molecule has 148 heavy (non-hydrogen) atoms. The molecule has 2 amide bonds. The molecule has 0 radical (unpaired) electrons. The van der Waals surface area contributed by atoms with Crippen LogP contribution < -0.4 is 24.8 Å². The van der Waals surface area contributed by atoms with Gasteiger partial charge in [-0.2, -0.15) is 26.7 Å². The number of aromatic hydroxyl groups is 1. The number of benzene rings is 11. The van der Waals surface area contributed by atoms with E-state index in [0.717, 1.165) is 156 Å². The summed E-state index contributed by atoms with van der Waals surface area (Å²) >= 11 is -1.52. The molecule has 11 aromatic rings. The zero-order valence-corrected chi connectivity index (χ0v) is 90.4. The van der Waals surface area contributed by atoms with Crippen molar-refractivity contribution in [2.24, 2.45) is 0 Å². The van der Waals surface area contributed by atoms with E-state index in [0.29, 0.717) is 35.4 Å². The normalized spacial score (nSPS) is 15.5. The minimum absolute atomic E-state index is 0.0392. The van der Waals surface area contributed by atoms with Crippen LogP contribution in [-0.2, 0) is 126 Å². The van der Waals surface area contributed by atoms with Crippen LogP contribution in [0.4, 0.5) is 49.1 Å². The fraction of sp³-hybridized carbons (Fsp3) is 0.426. The number of nitrogens with zero attached hydrogens (tertiary/aromatic N) is 2. The van der Waals surface area contributed by atoms with Crippen LogP contribution in [0.15, 0.2) is 212 Å². The molecule has 11 aromatic carbocycles. The first-order valence-electron chi connectivity index (χ1n) is 52.3. The number of alkyl halides is 7. The molecule has 0 saturated heterocycles. The van der Waals surface area contributed by atoms with E-state index < -0.39 is 54.0 Å². The maximum Gasteiger partial charge on any atom is 0.534 e. The third-order valence-electron chi connectivity index (χ3n) is 28.5. The van der Waals surface area contributed by atoms with E-state index in [4.69, 9.17) is 8.27 Å². The van der Waals surface area contributed by atoms with Gasteiger partial charge in [0.15, 0.2) is 11.5 Å². The maximum absolute atomic E-state index is 12.9. The first kappa shape index (κ1) is 115. The second kappa shape index (κ2) is 53.1. The molecular weight excluding hydrogens is 2020 g/mol. The van der Waals surface area contributed by atoms with E-state index >= 15 is 0 Å². The zero-order chi connectivity index (χ0) is 107. The molecule has 0 spiro atoms. The monoisotopic (exact) mass is 2160 g/mol. The van der Waals surface area contributed by atoms with E-state index in [2.05, 4.69) is 137 Å². The van der Waals surface area contributed by atoms with Crippen molar-refractivity contribution in [1.82, 2.24) is 0 Å². The summed E-state index contributed by atoms with van der Waals surface area (Å²) in [5.41, 5.74) is 24.5. The van der Waals surface area contributed by atoms with Gasteiger partial charge in [-0.25, -0.2) is 0 Å². The van der Waals surface area contributed by atoms with Crippen molar-refractivity contribution in [3.63, 3.8) is 0 Å². The molecule has 0 bridgehead atoms. The minimum atomic E-state index is -5.59. The van der Waals surface area contributed by atoms with Gasteiger partial charge >= 0.3 is 94.4 Å². The van der Waals surface area contributed by atoms with Crippen LogP contribution in [0.1, 0.15) is 344 Å². The topological polar surface area (TPSA) is 261 Å². The summed E-state index contributed by atoms with van der Waals surface area (Å²) in [7, 11) is -5.59. The number of aryl methyl sites for hydroxylation is 13. The number of anilines is 3. The Morgan fingerprint density at radius 1 is 0.453 bits per heavy atom. The molecule has 1 heterocycles. The Morgan fingerprint density at radius 3 is 1.32 bits per heavy atom. The molecule has 0 unspecified atom stereocenters. The van der Waals surface area contributed by atoms with Crippen LogP contribution in [0.3, 0.4) is 0 Å². The second-order valence-corrected chi connectivity index (χ2v) is 48.2. The molecule has 1 aliphatic heterocycles. The van der Waals surface area contributed by atoms with Crippen LogP contribution in [0, 0.1) is 20.6 Å². The maximum atomic E-state index is 12.9. The van der Waals surface area contributed by atoms with E-state index in [-0.39, 0.29) is 55.8 Å². The number of ether oxygens (including phenoxy) is 1. The summed E-state index contributed by atoms with van der Waals surface area (Å²) in [6, 6.07) is 65.2. The Balaban J connectivity index is 0.000000153. The van der Waals surface area contributed by atoms with Crippen LogP contribution in [-0.4, -0.2) is 69.2 Å². The van der Waals surface area contributed by atoms with Gasteiger partial charge in [0.25, 0.3) is 17.5 Å². The Hall–Kier alpha value is -11.7. The van der Waals surface area contributed by atoms with Gasteiger partial charge in [0.1, 0.15) is 11.5 Å². The van der Waals surface area contributed by atoms with Gasteiger partial charge in [-0.15, -0.1) is 13.2 Å². The predicted molar refractivity (Wildman–Crippen MR) is 585 cm³/mol. The van der Waals surface area contributed by atoms with Crippen molar-refractivity contribution in [3.05, 3.63) is 354 Å². The summed E-state index contributed by atoms with van der Waals surface area (Å²) in [5, 5.41) is 42.4. The number of halogens is 7. The number of amides is 2. The summed E-state index contributed by atoms with van der Waals surface area (Å²) < 4.78 is 112. The van der Waals surface area contributed by atoms with E-state index in [1.807, 2.05) is 95.9 Å².